The number of Topliss-reactive ketones (excluding diaryl/α,β-unsaturated/α-hetero) is 1. The van der Waals surface area contributed by atoms with Crippen LogP contribution in [0.1, 0.15) is 28.7 Å². The second-order valence-corrected chi connectivity index (χ2v) is 4.68. The van der Waals surface area contributed by atoms with Gasteiger partial charge in [-0.15, -0.1) is 0 Å². The van der Waals surface area contributed by atoms with Gasteiger partial charge in [-0.2, -0.15) is 5.10 Å². The lowest BCUT2D eigenvalue weighted by molar-refractivity contribution is -0.384. The van der Waals surface area contributed by atoms with Crippen LogP contribution in [0, 0.1) is 17.0 Å². The average molecular weight is 289 g/mol. The van der Waals surface area contributed by atoms with Crippen LogP contribution in [0.25, 0.3) is 0 Å². The van der Waals surface area contributed by atoms with Crippen molar-refractivity contribution in [1.29, 1.82) is 0 Å². The molecule has 2 rings (SSSR count). The highest BCUT2D eigenvalue weighted by Gasteiger charge is 2.15. The molecule has 1 aromatic heterocycles. The van der Waals surface area contributed by atoms with E-state index in [-0.39, 0.29) is 23.6 Å². The number of carbonyl (C=O) groups excluding carboxylic acids is 1. The van der Waals surface area contributed by atoms with E-state index in [9.17, 15) is 14.9 Å². The molecule has 0 N–H and O–H groups in total. The molecule has 0 radical (unpaired) electrons. The van der Waals surface area contributed by atoms with E-state index >= 15 is 0 Å². The van der Waals surface area contributed by atoms with Crippen LogP contribution in [0.2, 0.25) is 0 Å². The highest BCUT2D eigenvalue weighted by atomic mass is 16.6. The predicted molar refractivity (Wildman–Crippen MR) is 75.4 cm³/mol. The SMILES string of the molecule is CC(=O)c1cc([N+](=O)[O-])ccc1OCc1cc(C)nn1C. The van der Waals surface area contributed by atoms with Crippen molar-refractivity contribution >= 4 is 11.5 Å². The highest BCUT2D eigenvalue weighted by Crippen LogP contribution is 2.25. The number of aryl methyl sites for hydroxylation is 2. The number of carbonyl (C=O) groups is 1. The summed E-state index contributed by atoms with van der Waals surface area (Å²) in [5.41, 5.74) is 1.78. The van der Waals surface area contributed by atoms with Crippen LogP contribution in [0.5, 0.6) is 5.75 Å². The number of ether oxygens (including phenoxy) is 1. The largest absolute Gasteiger partial charge is 0.487 e. The van der Waals surface area contributed by atoms with Gasteiger partial charge in [0.2, 0.25) is 0 Å². The quantitative estimate of drug-likeness (QED) is 0.479. The van der Waals surface area contributed by atoms with Crippen molar-refractivity contribution in [3.8, 4) is 5.75 Å². The van der Waals surface area contributed by atoms with Crippen LogP contribution in [0.3, 0.4) is 0 Å². The summed E-state index contributed by atoms with van der Waals surface area (Å²) in [6.07, 6.45) is 0. The van der Waals surface area contributed by atoms with Crippen LogP contribution in [0.4, 0.5) is 5.69 Å². The lowest BCUT2D eigenvalue weighted by Gasteiger charge is -2.09. The molecule has 0 fully saturated rings. The number of non-ortho nitro benzene ring substituents is 1. The summed E-state index contributed by atoms with van der Waals surface area (Å²) in [4.78, 5) is 21.8. The number of rotatable bonds is 5. The lowest BCUT2D eigenvalue weighted by atomic mass is 10.1. The van der Waals surface area contributed by atoms with Crippen molar-refractivity contribution in [2.75, 3.05) is 0 Å². The number of ketones is 1. The van der Waals surface area contributed by atoms with E-state index in [0.29, 0.717) is 5.75 Å². The van der Waals surface area contributed by atoms with Crippen LogP contribution >= 0.6 is 0 Å². The van der Waals surface area contributed by atoms with Gasteiger partial charge in [-0.1, -0.05) is 0 Å². The first-order valence-corrected chi connectivity index (χ1v) is 6.30. The van der Waals surface area contributed by atoms with Crippen molar-refractivity contribution in [3.05, 3.63) is 51.3 Å². The molecule has 110 valence electrons. The van der Waals surface area contributed by atoms with E-state index in [4.69, 9.17) is 4.74 Å². The molecule has 21 heavy (non-hydrogen) atoms. The second-order valence-electron chi connectivity index (χ2n) is 4.68. The van der Waals surface area contributed by atoms with Gasteiger partial charge in [0.05, 0.1) is 21.9 Å². The zero-order valence-electron chi connectivity index (χ0n) is 12.0. The maximum atomic E-state index is 11.6. The molecule has 0 aliphatic rings. The molecule has 0 spiro atoms. The molecular formula is C14H15N3O4. The van der Waals surface area contributed by atoms with Gasteiger partial charge >= 0.3 is 0 Å². The van der Waals surface area contributed by atoms with E-state index in [1.54, 1.807) is 11.7 Å². The molecule has 0 atom stereocenters. The molecule has 7 heteroatoms. The van der Waals surface area contributed by atoms with Gasteiger partial charge in [-0.05, 0) is 26.0 Å². The molecule has 7 nitrogen and oxygen atoms in total. The Morgan fingerprint density at radius 3 is 2.67 bits per heavy atom. The van der Waals surface area contributed by atoms with E-state index in [2.05, 4.69) is 5.10 Å². The minimum absolute atomic E-state index is 0.135. The maximum Gasteiger partial charge on any atom is 0.270 e. The minimum Gasteiger partial charge on any atom is -0.487 e. The van der Waals surface area contributed by atoms with E-state index < -0.39 is 4.92 Å². The molecule has 0 aliphatic carbocycles. The topological polar surface area (TPSA) is 87.3 Å². The van der Waals surface area contributed by atoms with Gasteiger partial charge in [-0.3, -0.25) is 19.6 Å². The molecule has 0 saturated heterocycles. The normalized spacial score (nSPS) is 10.4. The number of benzene rings is 1. The Labute approximate surface area is 121 Å². The van der Waals surface area contributed by atoms with E-state index in [0.717, 1.165) is 11.4 Å². The molecule has 1 aromatic carbocycles. The molecule has 2 aromatic rings. The Bertz CT molecular complexity index is 706. The first-order valence-electron chi connectivity index (χ1n) is 6.30. The Balaban J connectivity index is 2.25. The summed E-state index contributed by atoms with van der Waals surface area (Å²) >= 11 is 0. The number of nitrogens with zero attached hydrogens (tertiary/aromatic N) is 3. The van der Waals surface area contributed by atoms with E-state index in [1.165, 1.54) is 25.1 Å². The fraction of sp³-hybridized carbons (Fsp3) is 0.286. The number of aromatic nitrogens is 2. The number of nitro benzene ring substituents is 1. The van der Waals surface area contributed by atoms with E-state index in [1.807, 2.05) is 13.0 Å². The summed E-state index contributed by atoms with van der Waals surface area (Å²) in [6.45, 7) is 3.45. The van der Waals surface area contributed by atoms with Crippen molar-refractivity contribution in [2.24, 2.45) is 7.05 Å². The third kappa shape index (κ3) is 3.25. The highest BCUT2D eigenvalue weighted by molar-refractivity contribution is 5.97. The first-order chi connectivity index (χ1) is 9.88. The standard InChI is InChI=1S/C14H15N3O4/c1-9-6-12(16(3)15-9)8-21-14-5-4-11(17(19)20)7-13(14)10(2)18/h4-7H,8H2,1-3H3. The third-order valence-corrected chi connectivity index (χ3v) is 3.03. The van der Waals surface area contributed by atoms with Crippen LogP contribution < -0.4 is 4.74 Å². The summed E-state index contributed by atoms with van der Waals surface area (Å²) in [5, 5.41) is 15.0. The van der Waals surface area contributed by atoms with Crippen LogP contribution in [0.15, 0.2) is 24.3 Å². The van der Waals surface area contributed by atoms with Gasteiger partial charge in [0.1, 0.15) is 12.4 Å². The molecule has 0 saturated carbocycles. The van der Waals surface area contributed by atoms with Crippen molar-refractivity contribution in [3.63, 3.8) is 0 Å². The average Bonchev–Trinajstić information content (AvgIpc) is 2.74. The second kappa shape index (κ2) is 5.74. The van der Waals surface area contributed by atoms with Crippen molar-refractivity contribution in [2.45, 2.75) is 20.5 Å². The van der Waals surface area contributed by atoms with Gasteiger partial charge in [0, 0.05) is 19.2 Å². The number of hydrogen-bond donors (Lipinski definition) is 0. The Morgan fingerprint density at radius 2 is 2.14 bits per heavy atom. The fourth-order valence-corrected chi connectivity index (χ4v) is 1.98. The Kier molecular flexibility index (Phi) is 4.02. The molecule has 0 bridgehead atoms. The van der Waals surface area contributed by atoms with Crippen LogP contribution in [-0.2, 0) is 13.7 Å². The lowest BCUT2D eigenvalue weighted by Crippen LogP contribution is -2.06. The van der Waals surface area contributed by atoms with Crippen molar-refractivity contribution < 1.29 is 14.5 Å². The molecule has 0 unspecified atom stereocenters. The smallest absolute Gasteiger partial charge is 0.270 e. The van der Waals surface area contributed by atoms with Gasteiger partial charge in [-0.25, -0.2) is 0 Å². The summed E-state index contributed by atoms with van der Waals surface area (Å²) in [5.74, 6) is 0.0434. The zero-order valence-corrected chi connectivity index (χ0v) is 12.0. The Morgan fingerprint density at radius 1 is 1.43 bits per heavy atom. The minimum atomic E-state index is -0.541. The van der Waals surface area contributed by atoms with Crippen molar-refractivity contribution in [1.82, 2.24) is 9.78 Å². The summed E-state index contributed by atoms with van der Waals surface area (Å²) in [7, 11) is 1.80. The van der Waals surface area contributed by atoms with Gasteiger partial charge in [0.25, 0.3) is 5.69 Å². The van der Waals surface area contributed by atoms with Gasteiger partial charge < -0.3 is 4.74 Å². The Hall–Kier alpha value is -2.70. The monoisotopic (exact) mass is 289 g/mol. The van der Waals surface area contributed by atoms with Gasteiger partial charge in [0.15, 0.2) is 5.78 Å². The van der Waals surface area contributed by atoms with Crippen LogP contribution in [-0.4, -0.2) is 20.5 Å². The number of hydrogen-bond acceptors (Lipinski definition) is 5. The zero-order chi connectivity index (χ0) is 15.6. The first kappa shape index (κ1) is 14.7. The predicted octanol–water partition coefficient (Wildman–Crippen LogP) is 2.42. The summed E-state index contributed by atoms with van der Waals surface area (Å²) < 4.78 is 7.30. The fourth-order valence-electron chi connectivity index (χ4n) is 1.98. The maximum absolute atomic E-state index is 11.6. The molecule has 0 aliphatic heterocycles. The molecule has 1 heterocycles. The molecule has 0 amide bonds. The third-order valence-electron chi connectivity index (χ3n) is 3.03. The number of nitro groups is 1. The molecular weight excluding hydrogens is 274 g/mol. The summed E-state index contributed by atoms with van der Waals surface area (Å²) in [6, 6.07) is 5.86.